The van der Waals surface area contributed by atoms with Gasteiger partial charge in [-0.2, -0.15) is 0 Å². The van der Waals surface area contributed by atoms with Crippen molar-refractivity contribution in [3.63, 3.8) is 0 Å². The van der Waals surface area contributed by atoms with Gasteiger partial charge in [-0.1, -0.05) is 20.8 Å². The molecule has 0 saturated carbocycles. The van der Waals surface area contributed by atoms with Gasteiger partial charge in [-0.15, -0.1) is 0 Å². The lowest BCUT2D eigenvalue weighted by Crippen LogP contribution is -2.48. The van der Waals surface area contributed by atoms with Crippen LogP contribution < -0.4 is 5.32 Å². The van der Waals surface area contributed by atoms with Crippen LogP contribution in [0.4, 0.5) is 0 Å². The molecule has 0 amide bonds. The number of likely N-dealkylation sites (N-methyl/N-ethyl adjacent to an activating group) is 2. The van der Waals surface area contributed by atoms with E-state index in [9.17, 15) is 5.11 Å². The lowest BCUT2D eigenvalue weighted by molar-refractivity contribution is 0.0668. The molecule has 0 spiro atoms. The average molecular weight is 188 g/mol. The number of hydrogen-bond acceptors (Lipinski definition) is 3. The summed E-state index contributed by atoms with van der Waals surface area (Å²) in [6.45, 7) is 12.0. The Labute approximate surface area is 82.1 Å². The molecule has 13 heavy (non-hydrogen) atoms. The predicted octanol–water partition coefficient (Wildman–Crippen LogP) is 0.687. The van der Waals surface area contributed by atoms with Crippen molar-refractivity contribution in [3.05, 3.63) is 0 Å². The molecule has 2 atom stereocenters. The van der Waals surface area contributed by atoms with E-state index >= 15 is 0 Å². The normalized spacial score (nSPS) is 16.2. The van der Waals surface area contributed by atoms with Gasteiger partial charge in [0.15, 0.2) is 0 Å². The Balaban J connectivity index is 4.04. The molecule has 0 aromatic heterocycles. The maximum absolute atomic E-state index is 9.59. The maximum Gasteiger partial charge on any atom is 0.0679 e. The Hall–Kier alpha value is -0.120. The number of nitrogens with zero attached hydrogens (tertiary/aromatic N) is 1. The highest BCUT2D eigenvalue weighted by atomic mass is 16.3. The van der Waals surface area contributed by atoms with E-state index in [2.05, 4.69) is 31.0 Å². The van der Waals surface area contributed by atoms with Crippen molar-refractivity contribution in [3.8, 4) is 0 Å². The first-order valence-electron chi connectivity index (χ1n) is 5.30. The largest absolute Gasteiger partial charge is 0.392 e. The zero-order valence-corrected chi connectivity index (χ0v) is 9.38. The highest BCUT2D eigenvalue weighted by Crippen LogP contribution is 2.03. The van der Waals surface area contributed by atoms with Crippen LogP contribution in [-0.2, 0) is 0 Å². The van der Waals surface area contributed by atoms with Gasteiger partial charge in [-0.05, 0) is 26.6 Å². The molecule has 0 aromatic carbocycles. The van der Waals surface area contributed by atoms with E-state index < -0.39 is 0 Å². The fourth-order valence-electron chi connectivity index (χ4n) is 1.59. The van der Waals surface area contributed by atoms with Crippen LogP contribution >= 0.6 is 0 Å². The lowest BCUT2D eigenvalue weighted by atomic mass is 10.1. The molecule has 0 radical (unpaired) electrons. The Kier molecular flexibility index (Phi) is 7.23. The van der Waals surface area contributed by atoms with Gasteiger partial charge in [0.1, 0.15) is 0 Å². The van der Waals surface area contributed by atoms with Gasteiger partial charge in [0.25, 0.3) is 0 Å². The van der Waals surface area contributed by atoms with E-state index in [0.717, 1.165) is 26.2 Å². The van der Waals surface area contributed by atoms with Crippen LogP contribution in [0.5, 0.6) is 0 Å². The molecule has 3 nitrogen and oxygen atoms in total. The predicted molar refractivity (Wildman–Crippen MR) is 56.9 cm³/mol. The molecule has 0 rings (SSSR count). The molecule has 2 N–H and O–H groups in total. The first-order valence-corrected chi connectivity index (χ1v) is 5.30. The number of aliphatic hydroxyl groups is 1. The van der Waals surface area contributed by atoms with Gasteiger partial charge >= 0.3 is 0 Å². The van der Waals surface area contributed by atoms with Crippen molar-refractivity contribution in [1.82, 2.24) is 10.2 Å². The first-order chi connectivity index (χ1) is 6.17. The van der Waals surface area contributed by atoms with Crippen LogP contribution in [-0.4, -0.2) is 48.3 Å². The van der Waals surface area contributed by atoms with Gasteiger partial charge in [0, 0.05) is 12.6 Å². The van der Waals surface area contributed by atoms with Crippen LogP contribution in [0.3, 0.4) is 0 Å². The molecule has 0 fully saturated rings. The zero-order chi connectivity index (χ0) is 10.3. The summed E-state index contributed by atoms with van der Waals surface area (Å²) >= 11 is 0. The Morgan fingerprint density at radius 1 is 1.23 bits per heavy atom. The van der Waals surface area contributed by atoms with E-state index in [1.54, 1.807) is 0 Å². The van der Waals surface area contributed by atoms with Crippen molar-refractivity contribution >= 4 is 0 Å². The van der Waals surface area contributed by atoms with Crippen molar-refractivity contribution < 1.29 is 5.11 Å². The minimum absolute atomic E-state index is 0.245. The number of rotatable bonds is 7. The molecule has 0 aliphatic heterocycles. The third-order valence-corrected chi connectivity index (χ3v) is 2.44. The number of nitrogens with one attached hydrogen (secondary N) is 1. The van der Waals surface area contributed by atoms with Crippen LogP contribution in [0.2, 0.25) is 0 Å². The number of aliphatic hydroxyl groups excluding tert-OH is 1. The zero-order valence-electron chi connectivity index (χ0n) is 9.38. The van der Waals surface area contributed by atoms with Crippen LogP contribution in [0.25, 0.3) is 0 Å². The SMILES string of the molecule is CCNCC(C(C)O)N(CC)CC. The standard InChI is InChI=1S/C10H24N2O/c1-5-11-8-10(9(4)13)12(6-2)7-3/h9-11,13H,5-8H2,1-4H3. The summed E-state index contributed by atoms with van der Waals surface area (Å²) in [5.41, 5.74) is 0. The lowest BCUT2D eigenvalue weighted by Gasteiger charge is -2.31. The van der Waals surface area contributed by atoms with Crippen molar-refractivity contribution in [2.45, 2.75) is 39.8 Å². The summed E-state index contributed by atoms with van der Waals surface area (Å²) in [6, 6.07) is 0.245. The summed E-state index contributed by atoms with van der Waals surface area (Å²) in [4.78, 5) is 2.29. The molecule has 0 aromatic rings. The molecule has 0 aliphatic rings. The minimum atomic E-state index is -0.265. The van der Waals surface area contributed by atoms with Crippen molar-refractivity contribution in [2.75, 3.05) is 26.2 Å². The fraction of sp³-hybridized carbons (Fsp3) is 1.00. The van der Waals surface area contributed by atoms with Crippen molar-refractivity contribution in [2.24, 2.45) is 0 Å². The van der Waals surface area contributed by atoms with Gasteiger partial charge < -0.3 is 10.4 Å². The summed E-state index contributed by atoms with van der Waals surface area (Å²) in [6.07, 6.45) is -0.265. The Morgan fingerprint density at radius 2 is 1.77 bits per heavy atom. The second-order valence-corrected chi connectivity index (χ2v) is 3.34. The van der Waals surface area contributed by atoms with E-state index in [0.29, 0.717) is 0 Å². The highest BCUT2D eigenvalue weighted by molar-refractivity contribution is 4.77. The molecular weight excluding hydrogens is 164 g/mol. The minimum Gasteiger partial charge on any atom is -0.392 e. The molecule has 0 heterocycles. The van der Waals surface area contributed by atoms with Crippen LogP contribution in [0.1, 0.15) is 27.7 Å². The Morgan fingerprint density at radius 3 is 2.08 bits per heavy atom. The monoisotopic (exact) mass is 188 g/mol. The summed E-state index contributed by atoms with van der Waals surface area (Å²) in [7, 11) is 0. The average Bonchev–Trinajstić information content (AvgIpc) is 2.11. The summed E-state index contributed by atoms with van der Waals surface area (Å²) in [5, 5.41) is 12.9. The number of hydrogen-bond donors (Lipinski definition) is 2. The summed E-state index contributed by atoms with van der Waals surface area (Å²) in [5.74, 6) is 0. The highest BCUT2D eigenvalue weighted by Gasteiger charge is 2.19. The third kappa shape index (κ3) is 4.60. The van der Waals surface area contributed by atoms with E-state index in [1.807, 2.05) is 6.92 Å². The smallest absolute Gasteiger partial charge is 0.0679 e. The second-order valence-electron chi connectivity index (χ2n) is 3.34. The molecule has 3 heteroatoms. The van der Waals surface area contributed by atoms with Gasteiger partial charge in [0.2, 0.25) is 0 Å². The topological polar surface area (TPSA) is 35.5 Å². The molecule has 0 saturated heterocycles. The molecule has 2 unspecified atom stereocenters. The van der Waals surface area contributed by atoms with Gasteiger partial charge in [0.05, 0.1) is 6.10 Å². The van der Waals surface area contributed by atoms with E-state index in [4.69, 9.17) is 0 Å². The van der Waals surface area contributed by atoms with Crippen LogP contribution in [0.15, 0.2) is 0 Å². The second kappa shape index (κ2) is 7.30. The molecule has 0 bridgehead atoms. The fourth-order valence-corrected chi connectivity index (χ4v) is 1.59. The van der Waals surface area contributed by atoms with E-state index in [1.165, 1.54) is 0 Å². The first kappa shape index (κ1) is 12.9. The summed E-state index contributed by atoms with van der Waals surface area (Å²) < 4.78 is 0. The molecular formula is C10H24N2O. The van der Waals surface area contributed by atoms with Gasteiger partial charge in [-0.3, -0.25) is 4.90 Å². The van der Waals surface area contributed by atoms with Crippen LogP contribution in [0, 0.1) is 0 Å². The maximum atomic E-state index is 9.59. The van der Waals surface area contributed by atoms with Crippen molar-refractivity contribution in [1.29, 1.82) is 0 Å². The third-order valence-electron chi connectivity index (χ3n) is 2.44. The van der Waals surface area contributed by atoms with E-state index in [-0.39, 0.29) is 12.1 Å². The molecule has 80 valence electrons. The quantitative estimate of drug-likeness (QED) is 0.617. The molecule has 0 aliphatic carbocycles. The van der Waals surface area contributed by atoms with Gasteiger partial charge in [-0.25, -0.2) is 0 Å². The Bertz CT molecular complexity index is 113.